The number of aliphatic carboxylic acids is 1. The summed E-state index contributed by atoms with van der Waals surface area (Å²) in [5, 5.41) is 8.56. The summed E-state index contributed by atoms with van der Waals surface area (Å²) in [5.41, 5.74) is 0.975. The first kappa shape index (κ1) is 10.5. The van der Waals surface area contributed by atoms with Crippen LogP contribution in [-0.2, 0) is 11.2 Å². The minimum atomic E-state index is -0.776. The van der Waals surface area contributed by atoms with Crippen LogP contribution in [0.15, 0.2) is 30.7 Å². The first-order valence-corrected chi connectivity index (χ1v) is 5.09. The molecule has 2 rings (SSSR count). The van der Waals surface area contributed by atoms with Crippen LogP contribution in [0.2, 0.25) is 0 Å². The van der Waals surface area contributed by atoms with E-state index >= 15 is 0 Å². The molecule has 0 saturated carbocycles. The number of ether oxygens (including phenoxy) is 2. The van der Waals surface area contributed by atoms with Crippen molar-refractivity contribution in [3.8, 4) is 11.5 Å². The third-order valence-electron chi connectivity index (χ3n) is 2.33. The van der Waals surface area contributed by atoms with Crippen LogP contribution in [0.4, 0.5) is 0 Å². The van der Waals surface area contributed by atoms with E-state index in [-0.39, 0.29) is 6.42 Å². The number of carbonyl (C=O) groups is 1. The lowest BCUT2D eigenvalue weighted by atomic mass is 10.1. The van der Waals surface area contributed by atoms with Gasteiger partial charge in [0.15, 0.2) is 11.5 Å². The molecule has 0 spiro atoms. The molecule has 1 aromatic rings. The second-order valence-corrected chi connectivity index (χ2v) is 3.50. The van der Waals surface area contributed by atoms with Gasteiger partial charge in [0.1, 0.15) is 12.5 Å². The molecule has 1 aromatic carbocycles. The maximum atomic E-state index is 10.4. The Kier molecular flexibility index (Phi) is 3.10. The van der Waals surface area contributed by atoms with E-state index in [0.717, 1.165) is 5.56 Å². The van der Waals surface area contributed by atoms with Crippen LogP contribution >= 0.6 is 0 Å². The molecule has 0 atom stereocenters. The molecular weight excluding hydrogens is 208 g/mol. The summed E-state index contributed by atoms with van der Waals surface area (Å²) in [5.74, 6) is 0.590. The van der Waals surface area contributed by atoms with Gasteiger partial charge in [-0.15, -0.1) is 0 Å². The minimum Gasteiger partial charge on any atom is -0.481 e. The summed E-state index contributed by atoms with van der Waals surface area (Å²) in [6, 6.07) is 5.61. The summed E-state index contributed by atoms with van der Waals surface area (Å²) in [6.07, 6.45) is 4.39. The van der Waals surface area contributed by atoms with Crippen molar-refractivity contribution in [2.24, 2.45) is 0 Å². The van der Waals surface area contributed by atoms with Gasteiger partial charge >= 0.3 is 5.97 Å². The van der Waals surface area contributed by atoms with E-state index in [2.05, 4.69) is 0 Å². The van der Waals surface area contributed by atoms with Gasteiger partial charge < -0.3 is 14.6 Å². The van der Waals surface area contributed by atoms with Crippen LogP contribution < -0.4 is 9.47 Å². The number of para-hydroxylation sites is 1. The number of benzene rings is 1. The molecule has 1 heterocycles. The molecule has 4 heteroatoms. The molecule has 0 fully saturated rings. The monoisotopic (exact) mass is 220 g/mol. The lowest BCUT2D eigenvalue weighted by molar-refractivity contribution is -0.137. The van der Waals surface area contributed by atoms with E-state index in [1.165, 1.54) is 12.5 Å². The van der Waals surface area contributed by atoms with Gasteiger partial charge in [0.25, 0.3) is 0 Å². The molecule has 84 valence electrons. The van der Waals surface area contributed by atoms with Crippen LogP contribution in [0.3, 0.4) is 0 Å². The summed E-state index contributed by atoms with van der Waals surface area (Å²) in [4.78, 5) is 10.4. The Balaban J connectivity index is 2.07. The highest BCUT2D eigenvalue weighted by atomic mass is 16.5. The number of carboxylic acid groups (broad SMARTS) is 1. The Morgan fingerprint density at radius 2 is 2.06 bits per heavy atom. The van der Waals surface area contributed by atoms with Crippen molar-refractivity contribution in [3.05, 3.63) is 36.3 Å². The fraction of sp³-hybridized carbons (Fsp3) is 0.250. The summed E-state index contributed by atoms with van der Waals surface area (Å²) < 4.78 is 10.6. The lowest BCUT2D eigenvalue weighted by Gasteiger charge is -2.15. The number of hydrogen-bond donors (Lipinski definition) is 1. The molecule has 0 aliphatic carbocycles. The number of rotatable bonds is 4. The van der Waals surface area contributed by atoms with E-state index in [9.17, 15) is 4.79 Å². The smallest absolute Gasteiger partial charge is 0.303 e. The predicted octanol–water partition coefficient (Wildman–Crippen LogP) is 2.34. The third-order valence-corrected chi connectivity index (χ3v) is 2.33. The average molecular weight is 220 g/mol. The van der Waals surface area contributed by atoms with E-state index in [4.69, 9.17) is 14.6 Å². The van der Waals surface area contributed by atoms with Gasteiger partial charge in [-0.05, 0) is 24.5 Å². The zero-order chi connectivity index (χ0) is 11.4. The van der Waals surface area contributed by atoms with Gasteiger partial charge in [0.05, 0.1) is 0 Å². The highest BCUT2D eigenvalue weighted by molar-refractivity contribution is 5.66. The fourth-order valence-electron chi connectivity index (χ4n) is 1.61. The Labute approximate surface area is 93.1 Å². The second-order valence-electron chi connectivity index (χ2n) is 3.50. The zero-order valence-corrected chi connectivity index (χ0v) is 8.68. The van der Waals surface area contributed by atoms with Crippen molar-refractivity contribution >= 4 is 5.97 Å². The summed E-state index contributed by atoms with van der Waals surface area (Å²) in [7, 11) is 0. The molecule has 0 aromatic heterocycles. The van der Waals surface area contributed by atoms with Crippen LogP contribution in [-0.4, -0.2) is 11.1 Å². The highest BCUT2D eigenvalue weighted by Crippen LogP contribution is 2.34. The Morgan fingerprint density at radius 3 is 2.88 bits per heavy atom. The van der Waals surface area contributed by atoms with E-state index in [1.807, 2.05) is 18.2 Å². The largest absolute Gasteiger partial charge is 0.481 e. The molecule has 1 N–H and O–H groups in total. The molecular formula is C12H12O4. The number of hydrogen-bond acceptors (Lipinski definition) is 3. The number of fused-ring (bicyclic) bond motifs is 1. The average Bonchev–Trinajstić information content (AvgIpc) is 2.29. The normalized spacial score (nSPS) is 12.5. The van der Waals surface area contributed by atoms with Crippen molar-refractivity contribution in [2.75, 3.05) is 0 Å². The molecule has 0 amide bonds. The van der Waals surface area contributed by atoms with E-state index in [0.29, 0.717) is 24.3 Å². The van der Waals surface area contributed by atoms with Gasteiger partial charge in [-0.3, -0.25) is 4.79 Å². The minimum absolute atomic E-state index is 0.167. The van der Waals surface area contributed by atoms with Crippen LogP contribution in [0.5, 0.6) is 11.5 Å². The molecule has 0 radical (unpaired) electrons. The van der Waals surface area contributed by atoms with Crippen molar-refractivity contribution < 1.29 is 19.4 Å². The maximum absolute atomic E-state index is 10.4. The van der Waals surface area contributed by atoms with Gasteiger partial charge in [0.2, 0.25) is 0 Å². The molecule has 16 heavy (non-hydrogen) atoms. The molecule has 4 nitrogen and oxygen atoms in total. The first-order chi connectivity index (χ1) is 7.77. The fourth-order valence-corrected chi connectivity index (χ4v) is 1.61. The SMILES string of the molecule is O=C(O)CCCc1cccc2c1OC=CO2. The van der Waals surface area contributed by atoms with Crippen molar-refractivity contribution in [2.45, 2.75) is 19.3 Å². The van der Waals surface area contributed by atoms with Crippen molar-refractivity contribution in [1.82, 2.24) is 0 Å². The quantitative estimate of drug-likeness (QED) is 0.846. The topological polar surface area (TPSA) is 55.8 Å². The predicted molar refractivity (Wildman–Crippen MR) is 57.4 cm³/mol. The number of carboxylic acids is 1. The van der Waals surface area contributed by atoms with Crippen molar-refractivity contribution in [1.29, 1.82) is 0 Å². The van der Waals surface area contributed by atoms with Gasteiger partial charge in [-0.2, -0.15) is 0 Å². The zero-order valence-electron chi connectivity index (χ0n) is 8.68. The van der Waals surface area contributed by atoms with Crippen molar-refractivity contribution in [3.63, 3.8) is 0 Å². The molecule has 0 unspecified atom stereocenters. The van der Waals surface area contributed by atoms with E-state index in [1.54, 1.807) is 0 Å². The standard InChI is InChI=1S/C12H12O4/c13-11(14)6-2-4-9-3-1-5-10-12(9)16-8-7-15-10/h1,3,5,7-8H,2,4,6H2,(H,13,14). The molecule has 1 aliphatic rings. The van der Waals surface area contributed by atoms with Gasteiger partial charge in [-0.1, -0.05) is 12.1 Å². The summed E-state index contributed by atoms with van der Waals surface area (Å²) in [6.45, 7) is 0. The third kappa shape index (κ3) is 2.34. The van der Waals surface area contributed by atoms with Gasteiger partial charge in [-0.25, -0.2) is 0 Å². The Hall–Kier alpha value is -1.97. The van der Waals surface area contributed by atoms with Crippen LogP contribution in [0.25, 0.3) is 0 Å². The molecule has 1 aliphatic heterocycles. The second kappa shape index (κ2) is 4.70. The van der Waals surface area contributed by atoms with Crippen LogP contribution in [0.1, 0.15) is 18.4 Å². The van der Waals surface area contributed by atoms with E-state index < -0.39 is 5.97 Å². The number of aryl methyl sites for hydroxylation is 1. The van der Waals surface area contributed by atoms with Crippen LogP contribution in [0, 0.1) is 0 Å². The molecule has 0 bridgehead atoms. The Morgan fingerprint density at radius 1 is 1.25 bits per heavy atom. The Bertz CT molecular complexity index is 423. The maximum Gasteiger partial charge on any atom is 0.303 e. The van der Waals surface area contributed by atoms with Gasteiger partial charge in [0, 0.05) is 6.42 Å². The first-order valence-electron chi connectivity index (χ1n) is 5.09. The highest BCUT2D eigenvalue weighted by Gasteiger charge is 2.12. The summed E-state index contributed by atoms with van der Waals surface area (Å²) >= 11 is 0. The molecule has 0 saturated heterocycles. The lowest BCUT2D eigenvalue weighted by Crippen LogP contribution is -2.01.